The van der Waals surface area contributed by atoms with E-state index in [1.165, 1.54) is 42.6 Å². The molecule has 1 aromatic carbocycles. The van der Waals surface area contributed by atoms with Crippen LogP contribution in [-0.4, -0.2) is 30.6 Å². The van der Waals surface area contributed by atoms with Gasteiger partial charge in [-0.25, -0.2) is 0 Å². The van der Waals surface area contributed by atoms with E-state index in [9.17, 15) is 0 Å². The fraction of sp³-hybridized carbons (Fsp3) is 0.625. The topological polar surface area (TPSA) is 15.3 Å². The third kappa shape index (κ3) is 3.56. The molecule has 0 aliphatic carbocycles. The highest BCUT2D eigenvalue weighted by atomic mass is 15.2. The zero-order chi connectivity index (χ0) is 13.0. The van der Waals surface area contributed by atoms with E-state index in [0.717, 1.165) is 19.1 Å². The van der Waals surface area contributed by atoms with Crippen LogP contribution in [0, 0.1) is 13.8 Å². The van der Waals surface area contributed by atoms with Crippen molar-refractivity contribution in [3.8, 4) is 0 Å². The molecule has 0 radical (unpaired) electrons. The molecule has 1 fully saturated rings. The number of likely N-dealkylation sites (N-methyl/N-ethyl adjacent to an activating group) is 1. The van der Waals surface area contributed by atoms with Gasteiger partial charge in [0.25, 0.3) is 0 Å². The van der Waals surface area contributed by atoms with E-state index < -0.39 is 0 Å². The van der Waals surface area contributed by atoms with E-state index in [1.54, 1.807) is 0 Å². The molecule has 1 saturated heterocycles. The molecular weight excluding hydrogens is 220 g/mol. The first kappa shape index (κ1) is 13.6. The van der Waals surface area contributed by atoms with E-state index >= 15 is 0 Å². The second-order valence-corrected chi connectivity index (χ2v) is 5.55. The second-order valence-electron chi connectivity index (χ2n) is 5.55. The molecule has 1 atom stereocenters. The van der Waals surface area contributed by atoms with Crippen LogP contribution in [0.2, 0.25) is 0 Å². The Kier molecular flexibility index (Phi) is 4.79. The van der Waals surface area contributed by atoms with Gasteiger partial charge in [-0.2, -0.15) is 0 Å². The lowest BCUT2D eigenvalue weighted by molar-refractivity contribution is 0.260. The first-order valence-electron chi connectivity index (χ1n) is 7.21. The van der Waals surface area contributed by atoms with Crippen LogP contribution in [0.5, 0.6) is 0 Å². The van der Waals surface area contributed by atoms with Crippen molar-refractivity contribution < 1.29 is 0 Å². The summed E-state index contributed by atoms with van der Waals surface area (Å²) in [5.74, 6) is 0. The molecule has 1 unspecified atom stereocenters. The molecule has 18 heavy (non-hydrogen) atoms. The van der Waals surface area contributed by atoms with Crippen molar-refractivity contribution in [1.82, 2.24) is 10.2 Å². The van der Waals surface area contributed by atoms with Gasteiger partial charge in [-0.15, -0.1) is 0 Å². The summed E-state index contributed by atoms with van der Waals surface area (Å²) in [5, 5.41) is 3.62. The molecule has 100 valence electrons. The Morgan fingerprint density at radius 1 is 1.22 bits per heavy atom. The fourth-order valence-corrected chi connectivity index (χ4v) is 3.10. The summed E-state index contributed by atoms with van der Waals surface area (Å²) in [5.41, 5.74) is 4.14. The van der Waals surface area contributed by atoms with Crippen LogP contribution >= 0.6 is 0 Å². The molecule has 0 spiro atoms. The Hall–Kier alpha value is -0.860. The second kappa shape index (κ2) is 6.35. The highest BCUT2D eigenvalue weighted by Crippen LogP contribution is 2.16. The quantitative estimate of drug-likeness (QED) is 0.859. The monoisotopic (exact) mass is 246 g/mol. The van der Waals surface area contributed by atoms with Crippen LogP contribution in [0.15, 0.2) is 18.2 Å². The summed E-state index contributed by atoms with van der Waals surface area (Å²) in [6.45, 7) is 11.2. The van der Waals surface area contributed by atoms with E-state index in [4.69, 9.17) is 0 Å². The van der Waals surface area contributed by atoms with Crippen LogP contribution in [0.3, 0.4) is 0 Å². The molecule has 0 aromatic heterocycles. The Bertz CT molecular complexity index is 366. The molecule has 1 heterocycles. The average Bonchev–Trinajstić information content (AvgIpc) is 2.75. The third-order valence-corrected chi connectivity index (χ3v) is 3.90. The molecule has 1 aliphatic heterocycles. The van der Waals surface area contributed by atoms with Gasteiger partial charge in [-0.3, -0.25) is 4.90 Å². The fourth-order valence-electron chi connectivity index (χ4n) is 3.10. The lowest BCUT2D eigenvalue weighted by atomic mass is 10.1. The first-order valence-corrected chi connectivity index (χ1v) is 7.21. The summed E-state index contributed by atoms with van der Waals surface area (Å²) in [6, 6.07) is 7.55. The van der Waals surface area contributed by atoms with Crippen molar-refractivity contribution in [2.75, 3.05) is 19.6 Å². The van der Waals surface area contributed by atoms with Crippen molar-refractivity contribution >= 4 is 0 Å². The van der Waals surface area contributed by atoms with Crippen molar-refractivity contribution in [3.63, 3.8) is 0 Å². The zero-order valence-electron chi connectivity index (χ0n) is 12.0. The number of likely N-dealkylation sites (tertiary alicyclic amines) is 1. The van der Waals surface area contributed by atoms with Gasteiger partial charge in [0, 0.05) is 19.1 Å². The van der Waals surface area contributed by atoms with Crippen LogP contribution in [0.25, 0.3) is 0 Å². The zero-order valence-corrected chi connectivity index (χ0v) is 12.0. The summed E-state index contributed by atoms with van der Waals surface area (Å²) < 4.78 is 0. The average molecular weight is 246 g/mol. The minimum atomic E-state index is 0.751. The maximum Gasteiger partial charge on any atom is 0.0221 e. The largest absolute Gasteiger partial charge is 0.311 e. The van der Waals surface area contributed by atoms with Gasteiger partial charge < -0.3 is 5.32 Å². The minimum Gasteiger partial charge on any atom is -0.311 e. The molecule has 1 aliphatic rings. The lowest BCUT2D eigenvalue weighted by Gasteiger charge is -2.23. The van der Waals surface area contributed by atoms with E-state index in [-0.39, 0.29) is 0 Å². The van der Waals surface area contributed by atoms with Crippen LogP contribution in [0.4, 0.5) is 0 Å². The van der Waals surface area contributed by atoms with Crippen molar-refractivity contribution in [2.45, 2.75) is 46.2 Å². The molecular formula is C16H26N2. The Morgan fingerprint density at radius 3 is 2.61 bits per heavy atom. The molecule has 2 heteroatoms. The lowest BCUT2D eigenvalue weighted by Crippen LogP contribution is -2.37. The number of nitrogens with zero attached hydrogens (tertiary/aromatic N) is 1. The first-order chi connectivity index (χ1) is 8.69. The molecule has 0 bridgehead atoms. The van der Waals surface area contributed by atoms with Crippen LogP contribution in [-0.2, 0) is 6.54 Å². The maximum atomic E-state index is 3.62. The highest BCUT2D eigenvalue weighted by Gasteiger charge is 2.21. The van der Waals surface area contributed by atoms with Gasteiger partial charge in [-0.05, 0) is 45.3 Å². The van der Waals surface area contributed by atoms with Gasteiger partial charge in [-0.1, -0.05) is 36.2 Å². The summed E-state index contributed by atoms with van der Waals surface area (Å²) in [7, 11) is 0. The van der Waals surface area contributed by atoms with Gasteiger partial charge in [0.15, 0.2) is 0 Å². The van der Waals surface area contributed by atoms with Crippen molar-refractivity contribution in [3.05, 3.63) is 34.9 Å². The standard InChI is InChI=1S/C16H26N2/c1-4-18-7-5-6-16(18)12-17-11-15-9-13(2)8-14(3)10-15/h8-10,16-17H,4-7,11-12H2,1-3H3. The Balaban J connectivity index is 1.81. The highest BCUT2D eigenvalue weighted by molar-refractivity contribution is 5.28. The predicted molar refractivity (Wildman–Crippen MR) is 77.9 cm³/mol. The van der Waals surface area contributed by atoms with Crippen LogP contribution in [0.1, 0.15) is 36.5 Å². The van der Waals surface area contributed by atoms with Gasteiger partial charge in [0.2, 0.25) is 0 Å². The number of benzene rings is 1. The molecule has 0 amide bonds. The van der Waals surface area contributed by atoms with Gasteiger partial charge in [0.05, 0.1) is 0 Å². The Labute approximate surface area is 111 Å². The molecule has 1 N–H and O–H groups in total. The predicted octanol–water partition coefficient (Wildman–Crippen LogP) is 2.88. The summed E-state index contributed by atoms with van der Waals surface area (Å²) in [6.07, 6.45) is 2.72. The van der Waals surface area contributed by atoms with Gasteiger partial charge >= 0.3 is 0 Å². The summed E-state index contributed by atoms with van der Waals surface area (Å²) in [4.78, 5) is 2.59. The van der Waals surface area contributed by atoms with Crippen molar-refractivity contribution in [1.29, 1.82) is 0 Å². The smallest absolute Gasteiger partial charge is 0.0221 e. The van der Waals surface area contributed by atoms with Gasteiger partial charge in [0.1, 0.15) is 0 Å². The number of hydrogen-bond acceptors (Lipinski definition) is 2. The third-order valence-electron chi connectivity index (χ3n) is 3.90. The molecule has 2 nitrogen and oxygen atoms in total. The summed E-state index contributed by atoms with van der Waals surface area (Å²) >= 11 is 0. The van der Waals surface area contributed by atoms with Crippen molar-refractivity contribution in [2.24, 2.45) is 0 Å². The SMILES string of the molecule is CCN1CCCC1CNCc1cc(C)cc(C)c1. The number of nitrogens with one attached hydrogen (secondary N) is 1. The number of aryl methyl sites for hydroxylation is 2. The number of hydrogen-bond donors (Lipinski definition) is 1. The molecule has 1 aromatic rings. The minimum absolute atomic E-state index is 0.751. The molecule has 0 saturated carbocycles. The molecule has 2 rings (SSSR count). The van der Waals surface area contributed by atoms with E-state index in [0.29, 0.717) is 0 Å². The number of rotatable bonds is 5. The Morgan fingerprint density at radius 2 is 1.94 bits per heavy atom. The van der Waals surface area contributed by atoms with E-state index in [1.807, 2.05) is 0 Å². The normalized spacial score (nSPS) is 20.5. The van der Waals surface area contributed by atoms with Crippen LogP contribution < -0.4 is 5.32 Å². The van der Waals surface area contributed by atoms with E-state index in [2.05, 4.69) is 49.2 Å². The maximum absolute atomic E-state index is 3.62.